The van der Waals surface area contributed by atoms with Crippen LogP contribution in [0.3, 0.4) is 0 Å². The molecule has 0 aliphatic heterocycles. The van der Waals surface area contributed by atoms with Gasteiger partial charge in [-0.3, -0.25) is 19.3 Å². The minimum atomic E-state index is -0.131. The molecule has 3 atom stereocenters. The van der Waals surface area contributed by atoms with Crippen molar-refractivity contribution in [2.75, 3.05) is 19.8 Å². The molecule has 0 radical (unpaired) electrons. The molecule has 0 N–H and O–H groups in total. The van der Waals surface area contributed by atoms with Crippen LogP contribution in [0.4, 0.5) is 0 Å². The summed E-state index contributed by atoms with van der Waals surface area (Å²) in [5.74, 6) is 0.885. The van der Waals surface area contributed by atoms with E-state index in [9.17, 15) is 14.4 Å². The number of rotatable bonds is 38. The summed E-state index contributed by atoms with van der Waals surface area (Å²) in [4.78, 5) is 39.8. The van der Waals surface area contributed by atoms with E-state index < -0.39 is 0 Å². The first-order chi connectivity index (χ1) is 26.6. The molecule has 0 aliphatic carbocycles. The minimum absolute atomic E-state index is 0.0596. The van der Waals surface area contributed by atoms with E-state index in [0.717, 1.165) is 109 Å². The van der Waals surface area contributed by atoms with E-state index in [0.29, 0.717) is 44.4 Å². The molecule has 0 rings (SSSR count). The fraction of sp³-hybridized carbons (Fsp3) is 0.854. The highest BCUT2D eigenvalue weighted by Gasteiger charge is 2.21. The Labute approximate surface area is 339 Å². The van der Waals surface area contributed by atoms with Gasteiger partial charge in [-0.2, -0.15) is 0 Å². The molecule has 0 fully saturated rings. The fourth-order valence-electron chi connectivity index (χ4n) is 7.36. The van der Waals surface area contributed by atoms with Gasteiger partial charge in [-0.1, -0.05) is 129 Å². The van der Waals surface area contributed by atoms with Crippen LogP contribution >= 0.6 is 0 Å². The highest BCUT2D eigenvalue weighted by molar-refractivity contribution is 5.72. The lowest BCUT2D eigenvalue weighted by Gasteiger charge is -2.30. The fourth-order valence-corrected chi connectivity index (χ4v) is 7.36. The van der Waals surface area contributed by atoms with Crippen LogP contribution in [0.15, 0.2) is 24.1 Å². The van der Waals surface area contributed by atoms with Crippen LogP contribution in [-0.4, -0.2) is 60.8 Å². The second-order valence-electron chi connectivity index (χ2n) is 16.5. The molecule has 0 saturated heterocycles. The Hall–Kier alpha value is -2.33. The molecule has 0 aromatic carbocycles. The minimum Gasteiger partial charge on any atom is -0.466 e. The maximum atomic E-state index is 13.0. The van der Waals surface area contributed by atoms with Gasteiger partial charge >= 0.3 is 17.9 Å². The molecule has 0 aromatic rings. The molecule has 7 nitrogen and oxygen atoms in total. The van der Waals surface area contributed by atoms with Gasteiger partial charge < -0.3 is 14.2 Å². The Balaban J connectivity index is 4.51. The number of unbranched alkanes of at least 4 members (excludes halogenated alkanes) is 12. The molecule has 0 aliphatic rings. The molecule has 7 heteroatoms. The van der Waals surface area contributed by atoms with Gasteiger partial charge in [0.2, 0.25) is 0 Å². The Kier molecular flexibility index (Phi) is 35.7. The summed E-state index contributed by atoms with van der Waals surface area (Å²) in [7, 11) is 0. The van der Waals surface area contributed by atoms with Crippen molar-refractivity contribution in [3.8, 4) is 0 Å². The zero-order chi connectivity index (χ0) is 40.9. The molecule has 0 bridgehead atoms. The number of carbonyl (C=O) groups is 3. The second-order valence-corrected chi connectivity index (χ2v) is 16.5. The second kappa shape index (κ2) is 37.3. The van der Waals surface area contributed by atoms with Gasteiger partial charge in [-0.05, 0) is 110 Å². The smallest absolute Gasteiger partial charge is 0.320 e. The average molecular weight is 774 g/mol. The number of hydrogen-bond donors (Lipinski definition) is 0. The van der Waals surface area contributed by atoms with Crippen molar-refractivity contribution in [2.45, 2.75) is 234 Å². The Morgan fingerprint density at radius 1 is 0.582 bits per heavy atom. The summed E-state index contributed by atoms with van der Waals surface area (Å²) >= 11 is 0. The van der Waals surface area contributed by atoms with E-state index in [1.54, 1.807) is 0 Å². The van der Waals surface area contributed by atoms with Crippen LogP contribution < -0.4 is 0 Å². The molecule has 0 heterocycles. The molecule has 0 saturated carbocycles. The van der Waals surface area contributed by atoms with Crippen molar-refractivity contribution >= 4 is 17.9 Å². The monoisotopic (exact) mass is 774 g/mol. The van der Waals surface area contributed by atoms with E-state index >= 15 is 0 Å². The number of esters is 3. The maximum absolute atomic E-state index is 13.0. The average Bonchev–Trinajstić information content (AvgIpc) is 3.15. The van der Waals surface area contributed by atoms with Crippen molar-refractivity contribution in [2.24, 2.45) is 11.8 Å². The van der Waals surface area contributed by atoms with Gasteiger partial charge in [0.15, 0.2) is 0 Å². The molecule has 55 heavy (non-hydrogen) atoms. The van der Waals surface area contributed by atoms with E-state index in [2.05, 4.69) is 71.4 Å². The van der Waals surface area contributed by atoms with Crippen molar-refractivity contribution in [1.29, 1.82) is 0 Å². The van der Waals surface area contributed by atoms with Gasteiger partial charge in [0.25, 0.3) is 0 Å². The highest BCUT2D eigenvalue weighted by atomic mass is 16.5. The van der Waals surface area contributed by atoms with E-state index in [4.69, 9.17) is 14.2 Å². The topological polar surface area (TPSA) is 82.1 Å². The van der Waals surface area contributed by atoms with Crippen LogP contribution in [0.25, 0.3) is 0 Å². The third-order valence-electron chi connectivity index (χ3n) is 11.0. The molecule has 0 aromatic heterocycles. The lowest BCUT2D eigenvalue weighted by Crippen LogP contribution is -2.42. The predicted octanol–water partition coefficient (Wildman–Crippen LogP) is 13.0. The third-order valence-corrected chi connectivity index (χ3v) is 11.0. The largest absolute Gasteiger partial charge is 0.466 e. The van der Waals surface area contributed by atoms with Crippen molar-refractivity contribution in [3.05, 3.63) is 24.1 Å². The highest BCUT2D eigenvalue weighted by Crippen LogP contribution is 2.21. The summed E-state index contributed by atoms with van der Waals surface area (Å²) in [6.07, 6.45) is 28.5. The number of ether oxygens (including phenoxy) is 3. The summed E-state index contributed by atoms with van der Waals surface area (Å²) in [6.45, 7) is 20.1. The molecule has 320 valence electrons. The van der Waals surface area contributed by atoms with E-state index in [-0.39, 0.29) is 36.1 Å². The van der Waals surface area contributed by atoms with E-state index in [1.807, 2.05) is 6.08 Å². The number of allylic oxidation sites excluding steroid dienone is 1. The van der Waals surface area contributed by atoms with Crippen molar-refractivity contribution < 1.29 is 28.6 Å². The van der Waals surface area contributed by atoms with Crippen molar-refractivity contribution in [3.63, 3.8) is 0 Å². The summed E-state index contributed by atoms with van der Waals surface area (Å²) in [5.41, 5.74) is 5.63. The van der Waals surface area contributed by atoms with Crippen LogP contribution in [0.1, 0.15) is 215 Å². The molecule has 0 spiro atoms. The maximum Gasteiger partial charge on any atom is 0.320 e. The van der Waals surface area contributed by atoms with Gasteiger partial charge in [-0.25, -0.2) is 0 Å². The molecular formula is C48H87NO6. The van der Waals surface area contributed by atoms with Crippen LogP contribution in [0.5, 0.6) is 0 Å². The zero-order valence-corrected chi connectivity index (χ0v) is 37.1. The SMILES string of the molecule is C=C=C=CCC(CCCCC)CCOC(=O)CCCCCCCC(CCCCCCCC(=O)OCCC(CC)CCCCC)OC(=O)CN(C(C)C)C(C)C. The molecule has 0 amide bonds. The number of hydrogen-bond acceptors (Lipinski definition) is 7. The Morgan fingerprint density at radius 2 is 1.04 bits per heavy atom. The lowest BCUT2D eigenvalue weighted by molar-refractivity contribution is -0.152. The van der Waals surface area contributed by atoms with Crippen LogP contribution in [0.2, 0.25) is 0 Å². The van der Waals surface area contributed by atoms with Gasteiger partial charge in [-0.15, -0.1) is 0 Å². The zero-order valence-electron chi connectivity index (χ0n) is 37.1. The van der Waals surface area contributed by atoms with Crippen molar-refractivity contribution in [1.82, 2.24) is 4.90 Å². The molecule has 3 unspecified atom stereocenters. The van der Waals surface area contributed by atoms with Gasteiger partial charge in [0.1, 0.15) is 6.10 Å². The number of nitrogens with zero attached hydrogens (tertiary/aromatic N) is 1. The van der Waals surface area contributed by atoms with Gasteiger partial charge in [0.05, 0.1) is 19.8 Å². The van der Waals surface area contributed by atoms with Gasteiger partial charge in [0, 0.05) is 24.9 Å². The Morgan fingerprint density at radius 3 is 1.51 bits per heavy atom. The quantitative estimate of drug-likeness (QED) is 0.0267. The first-order valence-electron chi connectivity index (χ1n) is 22.9. The third kappa shape index (κ3) is 32.5. The summed E-state index contributed by atoms with van der Waals surface area (Å²) in [6, 6.07) is 0.554. The molecular weight excluding hydrogens is 687 g/mol. The summed E-state index contributed by atoms with van der Waals surface area (Å²) in [5, 5.41) is 0. The van der Waals surface area contributed by atoms with Crippen LogP contribution in [-0.2, 0) is 28.6 Å². The normalized spacial score (nSPS) is 13.0. The van der Waals surface area contributed by atoms with E-state index in [1.165, 1.54) is 44.9 Å². The first-order valence-corrected chi connectivity index (χ1v) is 22.9. The lowest BCUT2D eigenvalue weighted by atomic mass is 9.95. The van der Waals surface area contributed by atoms with Crippen LogP contribution in [0, 0.1) is 11.8 Å². The predicted molar refractivity (Wildman–Crippen MR) is 230 cm³/mol. The first kappa shape index (κ1) is 52.7. The summed E-state index contributed by atoms with van der Waals surface area (Å²) < 4.78 is 17.2. The standard InChI is InChI=1S/C48H87NO6/c1-9-13-22-29-43(12-4)36-38-53-46(50)34-27-20-16-18-25-32-45(55-48(52)40-49(41(5)6)42(7)8)33-26-19-17-21-28-35-47(51)54-39-37-44(30-23-14-10-2)31-24-15-11-3/h23,41-45H,2,9,11-13,15-22,24-40H2,1,3-8H3. The Bertz CT molecular complexity index is 1020. The number of carbonyl (C=O) groups excluding carboxylic acids is 3.